The highest BCUT2D eigenvalue weighted by Gasteiger charge is 2.35. The van der Waals surface area contributed by atoms with Gasteiger partial charge in [-0.1, -0.05) is 11.8 Å². The highest BCUT2D eigenvalue weighted by atomic mass is 32.2. The summed E-state index contributed by atoms with van der Waals surface area (Å²) in [4.78, 5) is 40.4. The molecule has 2 heterocycles. The standard InChI is InChI=1S/C21H27N3O4S/c1-3-28-20(26)13-19-24(18(25)14-29-19)15(2)21(27)22-16-7-9-17(10-8-16)23-11-5-4-6-12-23/h7-10,13,15H,3-6,11-12,14H2,1-2H3,(H,22,27)/b19-13-/t15-/m0/s1. The van der Waals surface area contributed by atoms with Gasteiger partial charge < -0.3 is 15.0 Å². The lowest BCUT2D eigenvalue weighted by Gasteiger charge is -2.29. The van der Waals surface area contributed by atoms with Crippen molar-refractivity contribution in [2.75, 3.05) is 35.7 Å². The number of nitrogens with zero attached hydrogens (tertiary/aromatic N) is 2. The summed E-state index contributed by atoms with van der Waals surface area (Å²) in [6, 6.07) is 7.04. The molecule has 1 N–H and O–H groups in total. The van der Waals surface area contributed by atoms with Crippen LogP contribution in [-0.2, 0) is 19.1 Å². The second kappa shape index (κ2) is 9.82. The summed E-state index contributed by atoms with van der Waals surface area (Å²) in [5.41, 5.74) is 1.83. The van der Waals surface area contributed by atoms with Gasteiger partial charge in [-0.2, -0.15) is 0 Å². The molecule has 1 atom stereocenters. The summed E-state index contributed by atoms with van der Waals surface area (Å²) in [5, 5.41) is 3.31. The Morgan fingerprint density at radius 3 is 2.55 bits per heavy atom. The lowest BCUT2D eigenvalue weighted by molar-refractivity contribution is -0.137. The van der Waals surface area contributed by atoms with Gasteiger partial charge in [0.1, 0.15) is 6.04 Å². The fourth-order valence-corrected chi connectivity index (χ4v) is 4.46. The Balaban J connectivity index is 1.64. The van der Waals surface area contributed by atoms with Gasteiger partial charge in [-0.05, 0) is 57.4 Å². The topological polar surface area (TPSA) is 79.0 Å². The summed E-state index contributed by atoms with van der Waals surface area (Å²) in [5.74, 6) is -0.821. The van der Waals surface area contributed by atoms with Crippen LogP contribution in [0.1, 0.15) is 33.1 Å². The van der Waals surface area contributed by atoms with Gasteiger partial charge in [-0.15, -0.1) is 0 Å². The number of anilines is 2. The van der Waals surface area contributed by atoms with Crippen LogP contribution in [0.25, 0.3) is 0 Å². The van der Waals surface area contributed by atoms with Crippen LogP contribution in [-0.4, -0.2) is 54.2 Å². The molecule has 29 heavy (non-hydrogen) atoms. The first kappa shape index (κ1) is 21.2. The van der Waals surface area contributed by atoms with Crippen molar-refractivity contribution in [2.45, 2.75) is 39.2 Å². The van der Waals surface area contributed by atoms with Gasteiger partial charge in [-0.3, -0.25) is 14.5 Å². The van der Waals surface area contributed by atoms with E-state index in [4.69, 9.17) is 4.74 Å². The average molecular weight is 418 g/mol. The summed E-state index contributed by atoms with van der Waals surface area (Å²) in [7, 11) is 0. The van der Waals surface area contributed by atoms with Crippen molar-refractivity contribution >= 4 is 40.9 Å². The third-order valence-electron chi connectivity index (χ3n) is 5.00. The first-order chi connectivity index (χ1) is 14.0. The van der Waals surface area contributed by atoms with Crippen molar-refractivity contribution in [3.8, 4) is 0 Å². The zero-order valence-electron chi connectivity index (χ0n) is 16.8. The predicted molar refractivity (Wildman–Crippen MR) is 115 cm³/mol. The van der Waals surface area contributed by atoms with Crippen molar-refractivity contribution in [1.82, 2.24) is 4.90 Å². The van der Waals surface area contributed by atoms with E-state index in [1.807, 2.05) is 24.3 Å². The summed E-state index contributed by atoms with van der Waals surface area (Å²) < 4.78 is 4.91. The Morgan fingerprint density at radius 1 is 1.21 bits per heavy atom. The molecule has 1 aromatic rings. The molecule has 0 unspecified atom stereocenters. The summed E-state index contributed by atoms with van der Waals surface area (Å²) >= 11 is 1.23. The van der Waals surface area contributed by atoms with E-state index in [2.05, 4.69) is 10.2 Å². The number of ether oxygens (including phenoxy) is 1. The highest BCUT2D eigenvalue weighted by molar-refractivity contribution is 8.04. The van der Waals surface area contributed by atoms with Crippen LogP contribution >= 0.6 is 11.8 Å². The molecule has 2 amide bonds. The van der Waals surface area contributed by atoms with E-state index in [-0.39, 0.29) is 24.2 Å². The minimum Gasteiger partial charge on any atom is -0.463 e. The summed E-state index contributed by atoms with van der Waals surface area (Å²) in [6.07, 6.45) is 4.97. The van der Waals surface area contributed by atoms with Crippen molar-refractivity contribution < 1.29 is 19.1 Å². The number of benzene rings is 1. The first-order valence-corrected chi connectivity index (χ1v) is 11.0. The van der Waals surface area contributed by atoms with Gasteiger partial charge in [0, 0.05) is 24.5 Å². The largest absolute Gasteiger partial charge is 0.463 e. The van der Waals surface area contributed by atoms with Gasteiger partial charge in [0.25, 0.3) is 0 Å². The Hall–Kier alpha value is -2.48. The number of amides is 2. The smallest absolute Gasteiger partial charge is 0.333 e. The molecule has 0 bridgehead atoms. The average Bonchev–Trinajstić information content (AvgIpc) is 3.08. The van der Waals surface area contributed by atoms with Crippen LogP contribution in [0.2, 0.25) is 0 Å². The van der Waals surface area contributed by atoms with E-state index >= 15 is 0 Å². The zero-order valence-corrected chi connectivity index (χ0v) is 17.7. The molecule has 0 aromatic heterocycles. The molecule has 0 saturated carbocycles. The Bertz CT molecular complexity index is 788. The number of rotatable bonds is 6. The maximum atomic E-state index is 12.7. The Kier molecular flexibility index (Phi) is 7.19. The molecular formula is C21H27N3O4S. The molecule has 7 nitrogen and oxygen atoms in total. The third kappa shape index (κ3) is 5.32. The van der Waals surface area contributed by atoms with Crippen LogP contribution in [0.5, 0.6) is 0 Å². The normalized spacial score (nSPS) is 19.4. The lowest BCUT2D eigenvalue weighted by Crippen LogP contribution is -2.42. The first-order valence-electron chi connectivity index (χ1n) is 9.98. The molecule has 0 aliphatic carbocycles. The summed E-state index contributed by atoms with van der Waals surface area (Å²) in [6.45, 7) is 5.75. The van der Waals surface area contributed by atoms with E-state index in [0.717, 1.165) is 18.8 Å². The number of esters is 1. The number of carbonyl (C=O) groups excluding carboxylic acids is 3. The third-order valence-corrected chi connectivity index (χ3v) is 6.00. The van der Waals surface area contributed by atoms with E-state index in [9.17, 15) is 14.4 Å². The minimum absolute atomic E-state index is 0.200. The fraction of sp³-hybridized carbons (Fsp3) is 0.476. The van der Waals surface area contributed by atoms with Crippen molar-refractivity contribution in [3.05, 3.63) is 35.4 Å². The molecule has 0 radical (unpaired) electrons. The molecule has 8 heteroatoms. The highest BCUT2D eigenvalue weighted by Crippen LogP contribution is 2.31. The van der Waals surface area contributed by atoms with Crippen molar-refractivity contribution in [3.63, 3.8) is 0 Å². The number of nitrogens with one attached hydrogen (secondary N) is 1. The SMILES string of the molecule is CCOC(=O)/C=C1\SCC(=O)N1[C@@H](C)C(=O)Nc1ccc(N2CCCCC2)cc1. The second-order valence-electron chi connectivity index (χ2n) is 7.05. The molecule has 2 aliphatic rings. The molecule has 2 saturated heterocycles. The van der Waals surface area contributed by atoms with Crippen LogP contribution < -0.4 is 10.2 Å². The Labute approximate surface area is 175 Å². The quantitative estimate of drug-likeness (QED) is 0.566. The van der Waals surface area contributed by atoms with Gasteiger partial charge in [0.05, 0.1) is 23.5 Å². The van der Waals surface area contributed by atoms with Crippen LogP contribution in [0, 0.1) is 0 Å². The predicted octanol–water partition coefficient (Wildman–Crippen LogP) is 2.98. The second-order valence-corrected chi connectivity index (χ2v) is 8.04. The van der Waals surface area contributed by atoms with Crippen molar-refractivity contribution in [2.24, 2.45) is 0 Å². The van der Waals surface area contributed by atoms with Gasteiger partial charge in [0.15, 0.2) is 0 Å². The minimum atomic E-state index is -0.736. The zero-order chi connectivity index (χ0) is 20.8. The molecular weight excluding hydrogens is 390 g/mol. The Morgan fingerprint density at radius 2 is 1.90 bits per heavy atom. The maximum absolute atomic E-state index is 12.7. The molecule has 2 fully saturated rings. The van der Waals surface area contributed by atoms with Gasteiger partial charge in [0.2, 0.25) is 11.8 Å². The molecule has 156 valence electrons. The molecule has 2 aliphatic heterocycles. The monoisotopic (exact) mass is 417 g/mol. The van der Waals surface area contributed by atoms with Crippen LogP contribution in [0.4, 0.5) is 11.4 Å². The van der Waals surface area contributed by atoms with Crippen LogP contribution in [0.15, 0.2) is 35.4 Å². The lowest BCUT2D eigenvalue weighted by atomic mass is 10.1. The number of carbonyl (C=O) groups is 3. The molecule has 1 aromatic carbocycles. The van der Waals surface area contributed by atoms with E-state index in [1.54, 1.807) is 13.8 Å². The molecule has 0 spiro atoms. The van der Waals surface area contributed by atoms with Crippen LogP contribution in [0.3, 0.4) is 0 Å². The van der Waals surface area contributed by atoms with Gasteiger partial charge in [-0.25, -0.2) is 4.79 Å². The molecule has 3 rings (SSSR count). The van der Waals surface area contributed by atoms with E-state index in [1.165, 1.54) is 42.0 Å². The number of piperidine rings is 1. The maximum Gasteiger partial charge on any atom is 0.333 e. The number of hydrogen-bond donors (Lipinski definition) is 1. The fourth-order valence-electron chi connectivity index (χ4n) is 3.47. The number of hydrogen-bond acceptors (Lipinski definition) is 6. The van der Waals surface area contributed by atoms with Crippen molar-refractivity contribution in [1.29, 1.82) is 0 Å². The number of thioether (sulfide) groups is 1. The van der Waals surface area contributed by atoms with Gasteiger partial charge >= 0.3 is 5.97 Å². The van der Waals surface area contributed by atoms with E-state index in [0.29, 0.717) is 10.7 Å². The van der Waals surface area contributed by atoms with E-state index < -0.39 is 12.0 Å².